The smallest absolute Gasteiger partial charge is 0.269 e. The topological polar surface area (TPSA) is 145 Å². The zero-order chi connectivity index (χ0) is 26.6. The first-order chi connectivity index (χ1) is 18.5. The minimum atomic E-state index is -0.500. The number of pyridine rings is 1. The molecule has 0 unspecified atom stereocenters. The van der Waals surface area contributed by atoms with Gasteiger partial charge in [-0.2, -0.15) is 0 Å². The summed E-state index contributed by atoms with van der Waals surface area (Å²) in [6, 6.07) is 13.4. The van der Waals surface area contributed by atoms with Gasteiger partial charge in [-0.3, -0.25) is 19.8 Å². The maximum Gasteiger partial charge on any atom is 0.269 e. The van der Waals surface area contributed by atoms with E-state index in [9.17, 15) is 14.9 Å². The molecule has 2 aromatic heterocycles. The zero-order valence-electron chi connectivity index (χ0n) is 21.1. The fourth-order valence-electron chi connectivity index (χ4n) is 4.80. The van der Waals surface area contributed by atoms with E-state index < -0.39 is 11.0 Å². The number of hydrogen-bond donors (Lipinski definition) is 1. The molecule has 13 nitrogen and oxygen atoms in total. The molecule has 0 aliphatic carbocycles. The minimum Gasteiger partial charge on any atom is -0.497 e. The maximum absolute atomic E-state index is 13.4. The third kappa shape index (κ3) is 5.06. The summed E-state index contributed by atoms with van der Waals surface area (Å²) in [6.45, 7) is 3.42. The van der Waals surface area contributed by atoms with Crippen LogP contribution in [0.4, 0.5) is 11.4 Å². The number of anilines is 1. The quantitative estimate of drug-likeness (QED) is 0.257. The Balaban J connectivity index is 1.48. The summed E-state index contributed by atoms with van der Waals surface area (Å²) in [5.41, 5.74) is 1.99. The zero-order valence-corrected chi connectivity index (χ0v) is 21.1. The Morgan fingerprint density at radius 3 is 2.53 bits per heavy atom. The summed E-state index contributed by atoms with van der Waals surface area (Å²) in [4.78, 5) is 31.3. The molecule has 3 heterocycles. The first-order valence-corrected chi connectivity index (χ1v) is 12.2. The minimum absolute atomic E-state index is 0.0579. The highest BCUT2D eigenvalue weighted by Crippen LogP contribution is 2.30. The van der Waals surface area contributed by atoms with E-state index in [4.69, 9.17) is 9.47 Å². The van der Waals surface area contributed by atoms with Gasteiger partial charge in [0.1, 0.15) is 11.8 Å². The Morgan fingerprint density at radius 1 is 1.08 bits per heavy atom. The molecule has 13 heteroatoms. The van der Waals surface area contributed by atoms with Crippen LogP contribution in [0.15, 0.2) is 53.3 Å². The summed E-state index contributed by atoms with van der Waals surface area (Å²) in [5, 5.41) is 24.2. The molecule has 1 atom stereocenters. The van der Waals surface area contributed by atoms with Crippen molar-refractivity contribution in [3.8, 4) is 5.75 Å². The molecule has 1 saturated heterocycles. The lowest BCUT2D eigenvalue weighted by molar-refractivity contribution is -0.384. The van der Waals surface area contributed by atoms with Gasteiger partial charge in [0.05, 0.1) is 25.2 Å². The van der Waals surface area contributed by atoms with Gasteiger partial charge in [0.15, 0.2) is 5.82 Å². The van der Waals surface area contributed by atoms with E-state index >= 15 is 0 Å². The fraction of sp³-hybridized carbons (Fsp3) is 0.360. The van der Waals surface area contributed by atoms with Crippen LogP contribution in [0.1, 0.15) is 17.4 Å². The Hall–Kier alpha value is -4.36. The molecule has 1 N–H and O–H groups in total. The number of H-pyrrole nitrogens is 1. The molecule has 2 aromatic carbocycles. The van der Waals surface area contributed by atoms with Gasteiger partial charge in [0.2, 0.25) is 0 Å². The average Bonchev–Trinajstić information content (AvgIpc) is 3.40. The van der Waals surface area contributed by atoms with E-state index in [0.717, 1.165) is 11.1 Å². The lowest BCUT2D eigenvalue weighted by atomic mass is 10.0. The number of nitrogens with one attached hydrogen (secondary N) is 1. The normalized spacial score (nSPS) is 15.1. The summed E-state index contributed by atoms with van der Waals surface area (Å²) < 4.78 is 12.3. The lowest BCUT2D eigenvalue weighted by Crippen LogP contribution is -2.49. The van der Waals surface area contributed by atoms with Crippen molar-refractivity contribution in [1.29, 1.82) is 0 Å². The standard InChI is InChI=1S/C25H28N8O5/c1-37-14-13-32-24(27-28-29-32)23(21-16-17-15-20(38-2)7-8-22(17)26-25(21)34)31-11-9-30(10-12-31)18-3-5-19(6-4-18)33(35)36/h3-8,15-16,23H,9-14H2,1-2H3,(H,26,34)/t23-/m0/s1. The summed E-state index contributed by atoms with van der Waals surface area (Å²) in [5.74, 6) is 1.24. The molecule has 1 fully saturated rings. The monoisotopic (exact) mass is 520 g/mol. The first-order valence-electron chi connectivity index (χ1n) is 12.2. The molecule has 198 valence electrons. The number of piperazine rings is 1. The molecule has 0 amide bonds. The molecule has 5 rings (SSSR count). The number of aromatic nitrogens is 5. The molecule has 0 radical (unpaired) electrons. The van der Waals surface area contributed by atoms with E-state index in [0.29, 0.717) is 62.0 Å². The molecule has 1 aliphatic heterocycles. The molecule has 1 aliphatic rings. The Morgan fingerprint density at radius 2 is 1.84 bits per heavy atom. The number of aromatic amines is 1. The highest BCUT2D eigenvalue weighted by atomic mass is 16.6. The molecule has 0 spiro atoms. The van der Waals surface area contributed by atoms with Gasteiger partial charge >= 0.3 is 0 Å². The highest BCUT2D eigenvalue weighted by molar-refractivity contribution is 5.80. The van der Waals surface area contributed by atoms with Gasteiger partial charge in [-0.15, -0.1) is 5.10 Å². The molecule has 0 saturated carbocycles. The van der Waals surface area contributed by atoms with Crippen LogP contribution in [0.3, 0.4) is 0 Å². The number of nitro benzene ring substituents is 1. The van der Waals surface area contributed by atoms with Crippen molar-refractivity contribution < 1.29 is 14.4 Å². The second kappa shape index (κ2) is 10.9. The van der Waals surface area contributed by atoms with Crippen LogP contribution in [-0.2, 0) is 11.3 Å². The number of rotatable bonds is 9. The van der Waals surface area contributed by atoms with Crippen molar-refractivity contribution in [3.05, 3.63) is 80.4 Å². The fourth-order valence-corrected chi connectivity index (χ4v) is 4.80. The van der Waals surface area contributed by atoms with Gasteiger partial charge in [-0.25, -0.2) is 4.68 Å². The van der Waals surface area contributed by atoms with Crippen LogP contribution in [0.5, 0.6) is 5.75 Å². The van der Waals surface area contributed by atoms with Gasteiger partial charge in [-0.1, -0.05) is 0 Å². The van der Waals surface area contributed by atoms with Crippen molar-refractivity contribution in [2.75, 3.05) is 51.9 Å². The molecule has 38 heavy (non-hydrogen) atoms. The third-order valence-electron chi connectivity index (χ3n) is 6.79. The first kappa shape index (κ1) is 25.3. The number of fused-ring (bicyclic) bond motifs is 1. The number of non-ortho nitro benzene ring substituents is 1. The predicted octanol–water partition coefficient (Wildman–Crippen LogP) is 1.99. The number of nitro groups is 1. The van der Waals surface area contributed by atoms with E-state index in [1.165, 1.54) is 12.1 Å². The van der Waals surface area contributed by atoms with E-state index in [1.807, 2.05) is 18.2 Å². The SMILES string of the molecule is COCCn1nnnc1[C@H](c1cc2cc(OC)ccc2[nH]c1=O)N1CCN(c2ccc([N+](=O)[O-])cc2)CC1. The summed E-state index contributed by atoms with van der Waals surface area (Å²) >= 11 is 0. The number of ether oxygens (including phenoxy) is 2. The summed E-state index contributed by atoms with van der Waals surface area (Å²) in [7, 11) is 3.21. The maximum atomic E-state index is 13.4. The van der Waals surface area contributed by atoms with Crippen LogP contribution >= 0.6 is 0 Å². The second-order valence-electron chi connectivity index (χ2n) is 8.96. The Labute approximate surface area is 217 Å². The molecular formula is C25H28N8O5. The van der Waals surface area contributed by atoms with Crippen LogP contribution in [0.25, 0.3) is 10.9 Å². The Kier molecular flexibility index (Phi) is 7.29. The number of benzene rings is 2. The molecular weight excluding hydrogens is 492 g/mol. The van der Waals surface area contributed by atoms with E-state index in [1.54, 1.807) is 37.1 Å². The lowest BCUT2D eigenvalue weighted by Gasteiger charge is -2.39. The van der Waals surface area contributed by atoms with Gasteiger partial charge in [-0.05, 0) is 46.8 Å². The van der Waals surface area contributed by atoms with Crippen molar-refractivity contribution in [2.24, 2.45) is 0 Å². The largest absolute Gasteiger partial charge is 0.497 e. The van der Waals surface area contributed by atoms with E-state index in [-0.39, 0.29) is 11.2 Å². The van der Waals surface area contributed by atoms with Crippen molar-refractivity contribution in [1.82, 2.24) is 30.1 Å². The number of nitrogens with zero attached hydrogens (tertiary/aromatic N) is 7. The van der Waals surface area contributed by atoms with Crippen molar-refractivity contribution >= 4 is 22.3 Å². The predicted molar refractivity (Wildman–Crippen MR) is 140 cm³/mol. The van der Waals surface area contributed by atoms with Crippen LogP contribution in [0.2, 0.25) is 0 Å². The number of hydrogen-bond acceptors (Lipinski definition) is 10. The summed E-state index contributed by atoms with van der Waals surface area (Å²) in [6.07, 6.45) is 0. The molecule has 0 bridgehead atoms. The van der Waals surface area contributed by atoms with E-state index in [2.05, 4.69) is 30.3 Å². The van der Waals surface area contributed by atoms with Gasteiger partial charge in [0.25, 0.3) is 11.2 Å². The molecule has 4 aromatic rings. The number of tetrazole rings is 1. The third-order valence-corrected chi connectivity index (χ3v) is 6.79. The average molecular weight is 521 g/mol. The van der Waals surface area contributed by atoms with Gasteiger partial charge < -0.3 is 19.4 Å². The highest BCUT2D eigenvalue weighted by Gasteiger charge is 2.33. The van der Waals surface area contributed by atoms with Crippen molar-refractivity contribution in [3.63, 3.8) is 0 Å². The van der Waals surface area contributed by atoms with Crippen LogP contribution < -0.4 is 15.2 Å². The Bertz CT molecular complexity index is 1480. The van der Waals surface area contributed by atoms with Crippen LogP contribution in [-0.4, -0.2) is 82.0 Å². The number of methoxy groups -OCH3 is 2. The van der Waals surface area contributed by atoms with Crippen molar-refractivity contribution in [2.45, 2.75) is 12.6 Å². The van der Waals surface area contributed by atoms with Gasteiger partial charge in [0, 0.05) is 67.6 Å². The van der Waals surface area contributed by atoms with Crippen LogP contribution in [0, 0.1) is 10.1 Å². The second-order valence-corrected chi connectivity index (χ2v) is 8.96.